The van der Waals surface area contributed by atoms with Gasteiger partial charge in [-0.15, -0.1) is 0 Å². The van der Waals surface area contributed by atoms with Crippen molar-refractivity contribution >= 4 is 29.1 Å². The van der Waals surface area contributed by atoms with Crippen LogP contribution < -0.4 is 15.2 Å². The normalized spacial score (nSPS) is 10.9. The molecule has 7 nitrogen and oxygen atoms in total. The number of ether oxygens (including phenoxy) is 2. The van der Waals surface area contributed by atoms with Gasteiger partial charge in [0.25, 0.3) is 0 Å². The number of aromatic nitrogens is 2. The zero-order valence-electron chi connectivity index (χ0n) is 18.8. The first kappa shape index (κ1) is 23.4. The molecule has 3 aromatic carbocycles. The van der Waals surface area contributed by atoms with E-state index in [0.717, 1.165) is 5.56 Å². The zero-order chi connectivity index (χ0) is 24.8. The summed E-state index contributed by atoms with van der Waals surface area (Å²) in [5.74, 6) is 1.06. The first-order valence-electron chi connectivity index (χ1n) is 10.6. The lowest BCUT2D eigenvalue weighted by Gasteiger charge is -2.14. The standard InChI is InChI=1S/C27H20ClN5O2/c1-34-24-13-7-9-18(26(24)35-17-19-8-5-6-12-23(19)28)14-20(15-29)25-22(16-30)27(31)33(32-25)21-10-3-2-4-11-21/h2-14H,17,31H2,1H3/b20-14+. The van der Waals surface area contributed by atoms with Crippen LogP contribution >= 0.6 is 11.6 Å². The number of benzene rings is 3. The molecule has 1 aromatic heterocycles. The van der Waals surface area contributed by atoms with E-state index in [0.29, 0.717) is 27.8 Å². The highest BCUT2D eigenvalue weighted by molar-refractivity contribution is 6.31. The fourth-order valence-corrected chi connectivity index (χ4v) is 3.72. The minimum atomic E-state index is 0.114. The molecule has 0 aliphatic carbocycles. The number of nitriles is 2. The molecule has 1 heterocycles. The third-order valence-electron chi connectivity index (χ3n) is 5.27. The van der Waals surface area contributed by atoms with Crippen LogP contribution in [0.4, 0.5) is 5.82 Å². The van der Waals surface area contributed by atoms with Gasteiger partial charge in [-0.2, -0.15) is 15.6 Å². The summed E-state index contributed by atoms with van der Waals surface area (Å²) >= 11 is 6.27. The maximum Gasteiger partial charge on any atom is 0.168 e. The van der Waals surface area contributed by atoms with Crippen LogP contribution in [-0.2, 0) is 6.61 Å². The Morgan fingerprint density at radius 2 is 1.80 bits per heavy atom. The van der Waals surface area contributed by atoms with E-state index in [1.54, 1.807) is 30.3 Å². The summed E-state index contributed by atoms with van der Waals surface area (Å²) in [5.41, 5.74) is 8.71. The summed E-state index contributed by atoms with van der Waals surface area (Å²) in [6.45, 7) is 0.196. The number of hydrogen-bond donors (Lipinski definition) is 1. The summed E-state index contributed by atoms with van der Waals surface area (Å²) in [6.07, 6.45) is 1.60. The smallest absolute Gasteiger partial charge is 0.168 e. The minimum absolute atomic E-state index is 0.114. The fraction of sp³-hybridized carbons (Fsp3) is 0.0741. The van der Waals surface area contributed by atoms with Gasteiger partial charge in [0.1, 0.15) is 35.8 Å². The first-order chi connectivity index (χ1) is 17.1. The topological polar surface area (TPSA) is 110 Å². The lowest BCUT2D eigenvalue weighted by molar-refractivity contribution is 0.284. The molecule has 0 amide bonds. The Morgan fingerprint density at radius 1 is 1.06 bits per heavy atom. The van der Waals surface area contributed by atoms with Gasteiger partial charge in [-0.1, -0.05) is 60.1 Å². The Labute approximate surface area is 207 Å². The zero-order valence-corrected chi connectivity index (χ0v) is 19.5. The largest absolute Gasteiger partial charge is 0.493 e. The molecule has 0 aliphatic rings. The second kappa shape index (κ2) is 10.5. The van der Waals surface area contributed by atoms with E-state index in [2.05, 4.69) is 17.2 Å². The molecule has 0 spiro atoms. The minimum Gasteiger partial charge on any atom is -0.493 e. The van der Waals surface area contributed by atoms with Crippen LogP contribution in [0.2, 0.25) is 5.02 Å². The fourth-order valence-electron chi connectivity index (χ4n) is 3.53. The summed E-state index contributed by atoms with van der Waals surface area (Å²) in [5, 5.41) is 24.8. The van der Waals surface area contributed by atoms with Crippen LogP contribution in [-0.4, -0.2) is 16.9 Å². The molecule has 0 saturated heterocycles. The van der Waals surface area contributed by atoms with Crippen molar-refractivity contribution in [3.8, 4) is 29.3 Å². The molecular formula is C27H20ClN5O2. The molecule has 0 bridgehead atoms. The Kier molecular flexibility index (Phi) is 7.02. The van der Waals surface area contributed by atoms with Crippen LogP contribution in [0, 0.1) is 22.7 Å². The molecule has 8 heteroatoms. The van der Waals surface area contributed by atoms with Gasteiger partial charge in [0.2, 0.25) is 0 Å². The number of rotatable bonds is 7. The molecule has 4 aromatic rings. The van der Waals surface area contributed by atoms with Crippen LogP contribution in [0.1, 0.15) is 22.4 Å². The number of nitrogens with two attached hydrogens (primary N) is 1. The maximum atomic E-state index is 9.99. The Balaban J connectivity index is 1.78. The maximum absolute atomic E-state index is 9.99. The van der Waals surface area contributed by atoms with Crippen molar-refractivity contribution in [1.29, 1.82) is 10.5 Å². The number of methoxy groups -OCH3 is 1. The van der Waals surface area contributed by atoms with Crippen LogP contribution in [0.5, 0.6) is 11.5 Å². The molecule has 172 valence electrons. The quantitative estimate of drug-likeness (QED) is 0.342. The van der Waals surface area contributed by atoms with E-state index in [-0.39, 0.29) is 29.3 Å². The molecule has 0 atom stereocenters. The highest BCUT2D eigenvalue weighted by Crippen LogP contribution is 2.35. The molecule has 4 rings (SSSR count). The first-order valence-corrected chi connectivity index (χ1v) is 10.9. The van der Waals surface area contributed by atoms with Gasteiger partial charge in [-0.3, -0.25) is 0 Å². The third-order valence-corrected chi connectivity index (χ3v) is 5.64. The lowest BCUT2D eigenvalue weighted by atomic mass is 10.0. The predicted octanol–water partition coefficient (Wildman–Crippen LogP) is 5.63. The van der Waals surface area contributed by atoms with E-state index >= 15 is 0 Å². The number of nitrogens with zero attached hydrogens (tertiary/aromatic N) is 4. The van der Waals surface area contributed by atoms with Crippen molar-refractivity contribution in [2.45, 2.75) is 6.61 Å². The number of allylic oxidation sites excluding steroid dienone is 1. The molecular weight excluding hydrogens is 462 g/mol. The third kappa shape index (κ3) is 4.81. The second-order valence-corrected chi connectivity index (χ2v) is 7.80. The highest BCUT2D eigenvalue weighted by atomic mass is 35.5. The number of halogens is 1. The van der Waals surface area contributed by atoms with E-state index in [1.807, 2.05) is 48.5 Å². The average Bonchev–Trinajstić information content (AvgIpc) is 3.23. The van der Waals surface area contributed by atoms with Gasteiger partial charge < -0.3 is 15.2 Å². The van der Waals surface area contributed by atoms with Crippen LogP contribution in [0.3, 0.4) is 0 Å². The van der Waals surface area contributed by atoms with Crippen molar-refractivity contribution in [2.75, 3.05) is 12.8 Å². The van der Waals surface area contributed by atoms with E-state index < -0.39 is 0 Å². The SMILES string of the molecule is COc1cccc(/C=C(\C#N)c2nn(-c3ccccc3)c(N)c2C#N)c1OCc1ccccc1Cl. The Morgan fingerprint density at radius 3 is 2.49 bits per heavy atom. The molecule has 0 aliphatic heterocycles. The summed E-state index contributed by atoms with van der Waals surface area (Å²) < 4.78 is 13.0. The molecule has 2 N–H and O–H groups in total. The van der Waals surface area contributed by atoms with Crippen molar-refractivity contribution < 1.29 is 9.47 Å². The molecule has 0 unspecified atom stereocenters. The number of anilines is 1. The van der Waals surface area contributed by atoms with E-state index in [1.165, 1.54) is 11.8 Å². The van der Waals surface area contributed by atoms with Crippen molar-refractivity contribution in [1.82, 2.24) is 9.78 Å². The average molecular weight is 482 g/mol. The lowest BCUT2D eigenvalue weighted by Crippen LogP contribution is -2.02. The molecule has 0 saturated carbocycles. The molecule has 35 heavy (non-hydrogen) atoms. The number of para-hydroxylation sites is 2. The van der Waals surface area contributed by atoms with Gasteiger partial charge in [0, 0.05) is 16.1 Å². The van der Waals surface area contributed by atoms with Crippen molar-refractivity contribution in [2.24, 2.45) is 0 Å². The van der Waals surface area contributed by atoms with Crippen molar-refractivity contribution in [3.63, 3.8) is 0 Å². The number of nitrogen functional groups attached to an aromatic ring is 1. The Bertz CT molecular complexity index is 1480. The van der Waals surface area contributed by atoms with Gasteiger partial charge in [-0.05, 0) is 30.3 Å². The van der Waals surface area contributed by atoms with Gasteiger partial charge in [0.05, 0.1) is 18.4 Å². The highest BCUT2D eigenvalue weighted by Gasteiger charge is 2.21. The monoisotopic (exact) mass is 481 g/mol. The summed E-state index contributed by atoms with van der Waals surface area (Å²) in [4.78, 5) is 0. The van der Waals surface area contributed by atoms with Crippen LogP contribution in [0.25, 0.3) is 17.3 Å². The van der Waals surface area contributed by atoms with E-state index in [9.17, 15) is 10.5 Å². The molecule has 0 radical (unpaired) electrons. The van der Waals surface area contributed by atoms with Crippen molar-refractivity contribution in [3.05, 3.63) is 100 Å². The van der Waals surface area contributed by atoms with Gasteiger partial charge >= 0.3 is 0 Å². The Hall–Kier alpha value is -4.72. The molecule has 0 fully saturated rings. The van der Waals surface area contributed by atoms with Gasteiger partial charge in [0.15, 0.2) is 11.5 Å². The number of hydrogen-bond acceptors (Lipinski definition) is 6. The predicted molar refractivity (Wildman–Crippen MR) is 135 cm³/mol. The van der Waals surface area contributed by atoms with E-state index in [4.69, 9.17) is 26.8 Å². The van der Waals surface area contributed by atoms with Gasteiger partial charge in [-0.25, -0.2) is 4.68 Å². The second-order valence-electron chi connectivity index (χ2n) is 7.40. The van der Waals surface area contributed by atoms with Crippen LogP contribution in [0.15, 0.2) is 72.8 Å². The summed E-state index contributed by atoms with van der Waals surface area (Å²) in [7, 11) is 1.53. The summed E-state index contributed by atoms with van der Waals surface area (Å²) in [6, 6.07) is 26.1.